The van der Waals surface area contributed by atoms with Crippen LogP contribution in [0.15, 0.2) is 11.3 Å². The van der Waals surface area contributed by atoms with E-state index in [1.807, 2.05) is 6.92 Å². The summed E-state index contributed by atoms with van der Waals surface area (Å²) in [6.07, 6.45) is 2.53. The van der Waals surface area contributed by atoms with Crippen LogP contribution in [0.25, 0.3) is 0 Å². The average molecular weight is 98.1 g/mol. The van der Waals surface area contributed by atoms with Gasteiger partial charge in [-0.05, 0) is 25.3 Å². The van der Waals surface area contributed by atoms with Gasteiger partial charge in [0.15, 0.2) is 0 Å². The number of rotatable bonds is 1. The molecule has 0 unspecified atom stereocenters. The summed E-state index contributed by atoms with van der Waals surface area (Å²) in [5, 5.41) is 0. The Morgan fingerprint density at radius 2 is 2.14 bits per heavy atom. The summed E-state index contributed by atoms with van der Waals surface area (Å²) in [5.41, 5.74) is 1.49. The highest BCUT2D eigenvalue weighted by atomic mass is 16.5. The van der Waals surface area contributed by atoms with E-state index in [0.29, 0.717) is 0 Å². The molecule has 0 spiro atoms. The second kappa shape index (κ2) is 1.57. The van der Waals surface area contributed by atoms with Gasteiger partial charge in [-0.3, -0.25) is 0 Å². The Balaban J connectivity index is 2.49. The van der Waals surface area contributed by atoms with Crippen molar-refractivity contribution in [3.63, 3.8) is 0 Å². The minimum absolute atomic E-state index is 1.12. The summed E-state index contributed by atoms with van der Waals surface area (Å²) in [6.45, 7) is 2.02. The molecule has 0 aromatic heterocycles. The van der Waals surface area contributed by atoms with Gasteiger partial charge >= 0.3 is 0 Å². The zero-order valence-electron chi connectivity index (χ0n) is 4.82. The minimum Gasteiger partial charge on any atom is -0.501 e. The van der Waals surface area contributed by atoms with E-state index >= 15 is 0 Å². The molecular weight excluding hydrogens is 88.1 g/mol. The summed E-state index contributed by atoms with van der Waals surface area (Å²) in [4.78, 5) is 0. The summed E-state index contributed by atoms with van der Waals surface area (Å²) < 4.78 is 4.95. The molecule has 0 saturated heterocycles. The summed E-state index contributed by atoms with van der Waals surface area (Å²) in [6, 6.07) is 0. The summed E-state index contributed by atoms with van der Waals surface area (Å²) in [7, 11) is 1.72. The standard InChI is InChI=1S/C6H10O/c1-5(7-2)6-3-4-6/h3-4H2,1-2H3. The first-order valence-corrected chi connectivity index (χ1v) is 2.57. The van der Waals surface area contributed by atoms with Crippen LogP contribution in [-0.4, -0.2) is 7.11 Å². The Labute approximate surface area is 44.0 Å². The normalized spacial score (nSPS) is 16.6. The van der Waals surface area contributed by atoms with Crippen molar-refractivity contribution in [3.8, 4) is 0 Å². The van der Waals surface area contributed by atoms with Crippen molar-refractivity contribution < 1.29 is 4.74 Å². The number of allylic oxidation sites excluding steroid dienone is 2. The van der Waals surface area contributed by atoms with E-state index < -0.39 is 0 Å². The SMILES string of the molecule is COC(C)=C1CC1. The molecule has 0 aromatic carbocycles. The maximum atomic E-state index is 4.95. The van der Waals surface area contributed by atoms with Crippen LogP contribution in [0.5, 0.6) is 0 Å². The van der Waals surface area contributed by atoms with Crippen LogP contribution in [0.3, 0.4) is 0 Å². The number of hydrogen-bond donors (Lipinski definition) is 0. The third kappa shape index (κ3) is 0.952. The average Bonchev–Trinajstić information content (AvgIpc) is 2.44. The molecule has 7 heavy (non-hydrogen) atoms. The number of methoxy groups -OCH3 is 1. The number of ether oxygens (including phenoxy) is 1. The second-order valence-corrected chi connectivity index (χ2v) is 1.86. The lowest BCUT2D eigenvalue weighted by molar-refractivity contribution is 0.291. The summed E-state index contributed by atoms with van der Waals surface area (Å²) >= 11 is 0. The maximum Gasteiger partial charge on any atom is 0.0916 e. The van der Waals surface area contributed by atoms with Crippen LogP contribution < -0.4 is 0 Å². The molecular formula is C6H10O. The van der Waals surface area contributed by atoms with E-state index in [4.69, 9.17) is 4.74 Å². The van der Waals surface area contributed by atoms with Crippen LogP contribution in [0.2, 0.25) is 0 Å². The quantitative estimate of drug-likeness (QED) is 0.453. The molecule has 0 radical (unpaired) electrons. The molecule has 1 fully saturated rings. The molecule has 0 atom stereocenters. The molecule has 1 nitrogen and oxygen atoms in total. The maximum absolute atomic E-state index is 4.95. The second-order valence-electron chi connectivity index (χ2n) is 1.86. The topological polar surface area (TPSA) is 9.23 Å². The van der Waals surface area contributed by atoms with Gasteiger partial charge in [0.25, 0.3) is 0 Å². The van der Waals surface area contributed by atoms with Gasteiger partial charge in [-0.2, -0.15) is 0 Å². The van der Waals surface area contributed by atoms with Crippen molar-refractivity contribution in [1.29, 1.82) is 0 Å². The van der Waals surface area contributed by atoms with Crippen LogP contribution in [0, 0.1) is 0 Å². The van der Waals surface area contributed by atoms with E-state index in [2.05, 4.69) is 0 Å². The lowest BCUT2D eigenvalue weighted by Crippen LogP contribution is -1.75. The smallest absolute Gasteiger partial charge is 0.0916 e. The third-order valence-corrected chi connectivity index (χ3v) is 1.30. The Hall–Kier alpha value is -0.460. The van der Waals surface area contributed by atoms with Crippen molar-refractivity contribution in [2.45, 2.75) is 19.8 Å². The van der Waals surface area contributed by atoms with E-state index in [1.54, 1.807) is 7.11 Å². The first kappa shape index (κ1) is 4.69. The van der Waals surface area contributed by atoms with Crippen molar-refractivity contribution in [1.82, 2.24) is 0 Å². The molecule has 1 aliphatic rings. The highest BCUT2D eigenvalue weighted by Gasteiger charge is 2.14. The highest BCUT2D eigenvalue weighted by molar-refractivity contribution is 5.19. The molecule has 1 aliphatic carbocycles. The van der Waals surface area contributed by atoms with Crippen molar-refractivity contribution in [2.75, 3.05) is 7.11 Å². The Morgan fingerprint density at radius 3 is 2.29 bits per heavy atom. The zero-order chi connectivity index (χ0) is 5.28. The molecule has 0 N–H and O–H groups in total. The van der Waals surface area contributed by atoms with Crippen LogP contribution >= 0.6 is 0 Å². The zero-order valence-corrected chi connectivity index (χ0v) is 4.82. The predicted octanol–water partition coefficient (Wildman–Crippen LogP) is 1.70. The molecule has 1 rings (SSSR count). The van der Waals surface area contributed by atoms with Crippen LogP contribution in [0.1, 0.15) is 19.8 Å². The molecule has 0 aliphatic heterocycles. The van der Waals surface area contributed by atoms with Crippen LogP contribution in [0.4, 0.5) is 0 Å². The third-order valence-electron chi connectivity index (χ3n) is 1.30. The van der Waals surface area contributed by atoms with E-state index in [-0.39, 0.29) is 0 Å². The first-order valence-electron chi connectivity index (χ1n) is 2.57. The summed E-state index contributed by atoms with van der Waals surface area (Å²) in [5.74, 6) is 1.12. The van der Waals surface area contributed by atoms with Gasteiger partial charge in [0.1, 0.15) is 0 Å². The molecule has 1 heteroatoms. The molecule has 0 bridgehead atoms. The first-order chi connectivity index (χ1) is 3.34. The van der Waals surface area contributed by atoms with Gasteiger partial charge in [0.05, 0.1) is 12.9 Å². The Bertz CT molecular complexity index is 96.7. The molecule has 0 amide bonds. The highest BCUT2D eigenvalue weighted by Crippen LogP contribution is 2.31. The minimum atomic E-state index is 1.12. The Kier molecular flexibility index (Phi) is 1.05. The lowest BCUT2D eigenvalue weighted by Gasteiger charge is -1.92. The fourth-order valence-corrected chi connectivity index (χ4v) is 0.559. The lowest BCUT2D eigenvalue weighted by atomic mass is 10.5. The van der Waals surface area contributed by atoms with Crippen LogP contribution in [-0.2, 0) is 4.74 Å². The van der Waals surface area contributed by atoms with E-state index in [0.717, 1.165) is 5.76 Å². The van der Waals surface area contributed by atoms with E-state index in [1.165, 1.54) is 18.4 Å². The number of hydrogen-bond acceptors (Lipinski definition) is 1. The molecule has 1 saturated carbocycles. The molecule has 0 heterocycles. The molecule has 0 aromatic rings. The monoisotopic (exact) mass is 98.1 g/mol. The van der Waals surface area contributed by atoms with Gasteiger partial charge in [-0.25, -0.2) is 0 Å². The predicted molar refractivity (Wildman–Crippen MR) is 28.9 cm³/mol. The van der Waals surface area contributed by atoms with E-state index in [9.17, 15) is 0 Å². The Morgan fingerprint density at radius 1 is 1.57 bits per heavy atom. The molecule has 40 valence electrons. The van der Waals surface area contributed by atoms with Gasteiger partial charge in [0.2, 0.25) is 0 Å². The van der Waals surface area contributed by atoms with Gasteiger partial charge in [-0.15, -0.1) is 0 Å². The van der Waals surface area contributed by atoms with Crippen molar-refractivity contribution in [3.05, 3.63) is 11.3 Å². The fraction of sp³-hybridized carbons (Fsp3) is 0.667. The van der Waals surface area contributed by atoms with Gasteiger partial charge < -0.3 is 4.74 Å². The van der Waals surface area contributed by atoms with Gasteiger partial charge in [0, 0.05) is 0 Å². The van der Waals surface area contributed by atoms with Gasteiger partial charge in [-0.1, -0.05) is 0 Å². The van der Waals surface area contributed by atoms with Crippen molar-refractivity contribution >= 4 is 0 Å². The van der Waals surface area contributed by atoms with Crippen molar-refractivity contribution in [2.24, 2.45) is 0 Å². The fourth-order valence-electron chi connectivity index (χ4n) is 0.559. The largest absolute Gasteiger partial charge is 0.501 e.